The van der Waals surface area contributed by atoms with E-state index < -0.39 is 0 Å². The van der Waals surface area contributed by atoms with E-state index in [0.29, 0.717) is 12.3 Å². The van der Waals surface area contributed by atoms with Gasteiger partial charge in [-0.15, -0.1) is 0 Å². The minimum absolute atomic E-state index is 0.226. The van der Waals surface area contributed by atoms with Crippen molar-refractivity contribution in [3.63, 3.8) is 0 Å². The average Bonchev–Trinajstić information content (AvgIpc) is 2.83. The van der Waals surface area contributed by atoms with Crippen molar-refractivity contribution in [3.05, 3.63) is 53.0 Å². The van der Waals surface area contributed by atoms with Crippen molar-refractivity contribution in [2.45, 2.75) is 20.4 Å². The Labute approximate surface area is 112 Å². The number of carbonyl (C=O) groups is 1. The minimum atomic E-state index is -0.226. The van der Waals surface area contributed by atoms with Crippen molar-refractivity contribution >= 4 is 11.6 Å². The number of aryl methyl sites for hydroxylation is 2. The highest BCUT2D eigenvalue weighted by molar-refractivity contribution is 6.02. The van der Waals surface area contributed by atoms with Gasteiger partial charge in [0.15, 0.2) is 5.76 Å². The molecule has 1 heterocycles. The Bertz CT molecular complexity index is 588. The summed E-state index contributed by atoms with van der Waals surface area (Å²) in [5.74, 6) is 0.843. The van der Waals surface area contributed by atoms with Crippen LogP contribution in [0.4, 0.5) is 5.69 Å². The summed E-state index contributed by atoms with van der Waals surface area (Å²) in [6.45, 7) is 4.56. The maximum atomic E-state index is 12.1. The molecule has 0 fully saturated rings. The molecule has 2 N–H and O–H groups in total. The number of hydrogen-bond acceptors (Lipinski definition) is 3. The third-order valence-electron chi connectivity index (χ3n) is 2.88. The number of rotatable bonds is 4. The van der Waals surface area contributed by atoms with Crippen LogP contribution in [-0.4, -0.2) is 13.0 Å². The van der Waals surface area contributed by atoms with Gasteiger partial charge in [0.2, 0.25) is 0 Å². The van der Waals surface area contributed by atoms with E-state index in [9.17, 15) is 4.79 Å². The maximum Gasteiger partial charge on any atom is 0.291 e. The van der Waals surface area contributed by atoms with Gasteiger partial charge in [-0.2, -0.15) is 0 Å². The molecule has 1 amide bonds. The summed E-state index contributed by atoms with van der Waals surface area (Å²) in [4.78, 5) is 12.1. The highest BCUT2D eigenvalue weighted by atomic mass is 16.4. The van der Waals surface area contributed by atoms with Crippen molar-refractivity contribution < 1.29 is 9.21 Å². The molecule has 0 aliphatic rings. The molecule has 2 aromatic rings. The fourth-order valence-corrected chi connectivity index (χ4v) is 1.82. The summed E-state index contributed by atoms with van der Waals surface area (Å²) in [5, 5.41) is 5.85. The van der Waals surface area contributed by atoms with Gasteiger partial charge < -0.3 is 15.1 Å². The highest BCUT2D eigenvalue weighted by Crippen LogP contribution is 2.18. The lowest BCUT2D eigenvalue weighted by Crippen LogP contribution is -2.12. The summed E-state index contributed by atoms with van der Waals surface area (Å²) in [7, 11) is 1.83. The molecule has 2 rings (SSSR count). The zero-order valence-electron chi connectivity index (χ0n) is 11.4. The molecule has 0 aliphatic heterocycles. The zero-order valence-corrected chi connectivity index (χ0v) is 11.4. The first-order valence-electron chi connectivity index (χ1n) is 6.22. The number of benzene rings is 1. The average molecular weight is 258 g/mol. The summed E-state index contributed by atoms with van der Waals surface area (Å²) >= 11 is 0. The molecule has 19 heavy (non-hydrogen) atoms. The monoisotopic (exact) mass is 258 g/mol. The first-order valence-corrected chi connectivity index (χ1v) is 6.22. The molecule has 4 heteroatoms. The van der Waals surface area contributed by atoms with Gasteiger partial charge in [0, 0.05) is 5.69 Å². The summed E-state index contributed by atoms with van der Waals surface area (Å²) in [5.41, 5.74) is 2.95. The number of amides is 1. The van der Waals surface area contributed by atoms with Crippen molar-refractivity contribution in [2.75, 3.05) is 12.4 Å². The lowest BCUT2D eigenvalue weighted by atomic mass is 10.1. The Morgan fingerprint density at radius 1 is 1.21 bits per heavy atom. The van der Waals surface area contributed by atoms with Crippen molar-refractivity contribution in [2.24, 2.45) is 0 Å². The first kappa shape index (κ1) is 13.4. The van der Waals surface area contributed by atoms with E-state index in [1.54, 1.807) is 12.1 Å². The standard InChI is InChI=1S/C15H18N2O2/c1-10-4-5-11(2)13(8-10)17-15(18)14-7-6-12(19-14)9-16-3/h4-8,16H,9H2,1-3H3,(H,17,18). The van der Waals surface area contributed by atoms with E-state index in [1.807, 2.05) is 39.1 Å². The first-order chi connectivity index (χ1) is 9.10. The molecule has 0 aliphatic carbocycles. The van der Waals surface area contributed by atoms with Crippen LogP contribution in [0.5, 0.6) is 0 Å². The SMILES string of the molecule is CNCc1ccc(C(=O)Nc2cc(C)ccc2C)o1. The molecule has 0 saturated heterocycles. The lowest BCUT2D eigenvalue weighted by molar-refractivity contribution is 0.0994. The number of hydrogen-bond donors (Lipinski definition) is 2. The molecule has 4 nitrogen and oxygen atoms in total. The van der Waals surface area contributed by atoms with Gasteiger partial charge in [0.25, 0.3) is 5.91 Å². The molecular weight excluding hydrogens is 240 g/mol. The van der Waals surface area contributed by atoms with E-state index in [0.717, 1.165) is 22.6 Å². The Hall–Kier alpha value is -2.07. The number of furan rings is 1. The fourth-order valence-electron chi connectivity index (χ4n) is 1.82. The second-order valence-corrected chi connectivity index (χ2v) is 4.57. The van der Waals surface area contributed by atoms with E-state index in [2.05, 4.69) is 10.6 Å². The van der Waals surface area contributed by atoms with Crippen LogP contribution in [0.2, 0.25) is 0 Å². The van der Waals surface area contributed by atoms with Crippen LogP contribution < -0.4 is 10.6 Å². The van der Waals surface area contributed by atoms with Crippen molar-refractivity contribution in [3.8, 4) is 0 Å². The van der Waals surface area contributed by atoms with Crippen LogP contribution >= 0.6 is 0 Å². The summed E-state index contributed by atoms with van der Waals surface area (Å²) in [6, 6.07) is 9.44. The lowest BCUT2D eigenvalue weighted by Gasteiger charge is -2.07. The van der Waals surface area contributed by atoms with Gasteiger partial charge in [0.1, 0.15) is 5.76 Å². The predicted molar refractivity (Wildman–Crippen MR) is 75.3 cm³/mol. The van der Waals surface area contributed by atoms with Crippen molar-refractivity contribution in [1.82, 2.24) is 5.32 Å². The summed E-state index contributed by atoms with van der Waals surface area (Å²) < 4.78 is 5.45. The highest BCUT2D eigenvalue weighted by Gasteiger charge is 2.12. The molecule has 1 aromatic heterocycles. The third kappa shape index (κ3) is 3.23. The number of anilines is 1. The topological polar surface area (TPSA) is 54.3 Å². The molecule has 0 atom stereocenters. The molecule has 0 bridgehead atoms. The summed E-state index contributed by atoms with van der Waals surface area (Å²) in [6.07, 6.45) is 0. The van der Waals surface area contributed by atoms with E-state index in [1.165, 1.54) is 0 Å². The molecule has 1 aromatic carbocycles. The van der Waals surface area contributed by atoms with Gasteiger partial charge in [-0.25, -0.2) is 0 Å². The van der Waals surface area contributed by atoms with Crippen LogP contribution in [0, 0.1) is 13.8 Å². The minimum Gasteiger partial charge on any atom is -0.455 e. The van der Waals surface area contributed by atoms with E-state index in [-0.39, 0.29) is 5.91 Å². The van der Waals surface area contributed by atoms with Crippen LogP contribution in [0.3, 0.4) is 0 Å². The van der Waals surface area contributed by atoms with Gasteiger partial charge >= 0.3 is 0 Å². The molecule has 0 saturated carbocycles. The Morgan fingerprint density at radius 2 is 2.00 bits per heavy atom. The normalized spacial score (nSPS) is 10.5. The molecular formula is C15H18N2O2. The largest absolute Gasteiger partial charge is 0.455 e. The van der Waals surface area contributed by atoms with Crippen LogP contribution in [0.15, 0.2) is 34.7 Å². The Balaban J connectivity index is 2.13. The number of carbonyl (C=O) groups excluding carboxylic acids is 1. The van der Waals surface area contributed by atoms with Crippen molar-refractivity contribution in [1.29, 1.82) is 0 Å². The van der Waals surface area contributed by atoms with Crippen LogP contribution in [0.1, 0.15) is 27.4 Å². The molecule has 0 radical (unpaired) electrons. The zero-order chi connectivity index (χ0) is 13.8. The molecule has 0 spiro atoms. The molecule has 100 valence electrons. The Kier molecular flexibility index (Phi) is 4.02. The van der Waals surface area contributed by atoms with E-state index in [4.69, 9.17) is 4.42 Å². The Morgan fingerprint density at radius 3 is 2.74 bits per heavy atom. The quantitative estimate of drug-likeness (QED) is 0.886. The third-order valence-corrected chi connectivity index (χ3v) is 2.88. The fraction of sp³-hybridized carbons (Fsp3) is 0.267. The van der Waals surface area contributed by atoms with Gasteiger partial charge in [-0.05, 0) is 50.2 Å². The second-order valence-electron chi connectivity index (χ2n) is 4.57. The number of nitrogens with one attached hydrogen (secondary N) is 2. The van der Waals surface area contributed by atoms with Crippen LogP contribution in [0.25, 0.3) is 0 Å². The predicted octanol–water partition coefficient (Wildman–Crippen LogP) is 2.87. The second kappa shape index (κ2) is 5.71. The smallest absolute Gasteiger partial charge is 0.291 e. The van der Waals surface area contributed by atoms with Gasteiger partial charge in [-0.1, -0.05) is 12.1 Å². The van der Waals surface area contributed by atoms with Gasteiger partial charge in [0.05, 0.1) is 6.54 Å². The maximum absolute atomic E-state index is 12.1. The van der Waals surface area contributed by atoms with Gasteiger partial charge in [-0.3, -0.25) is 4.79 Å². The van der Waals surface area contributed by atoms with Crippen LogP contribution in [-0.2, 0) is 6.54 Å². The van der Waals surface area contributed by atoms with E-state index >= 15 is 0 Å². The molecule has 0 unspecified atom stereocenters.